The van der Waals surface area contributed by atoms with Gasteiger partial charge in [-0.15, -0.1) is 0 Å². The van der Waals surface area contributed by atoms with Crippen LogP contribution in [0.15, 0.2) is 0 Å². The lowest BCUT2D eigenvalue weighted by atomic mass is 10.2. The van der Waals surface area contributed by atoms with E-state index in [9.17, 15) is 9.59 Å². The van der Waals surface area contributed by atoms with Gasteiger partial charge in [-0.2, -0.15) is 0 Å². The molecule has 0 heterocycles. The Kier molecular flexibility index (Phi) is 14.2. The molecule has 5 heteroatoms. The lowest BCUT2D eigenvalue weighted by molar-refractivity contribution is -0.143. The van der Waals surface area contributed by atoms with Crippen LogP contribution in [0.1, 0.15) is 71.6 Å². The van der Waals surface area contributed by atoms with Crippen molar-refractivity contribution in [2.45, 2.75) is 71.6 Å². The predicted molar refractivity (Wildman–Crippen MR) is 83.2 cm³/mol. The monoisotopic (exact) mass is 301 g/mol. The highest BCUT2D eigenvalue weighted by Gasteiger charge is 2.02. The molecular weight excluding hydrogens is 270 g/mol. The van der Waals surface area contributed by atoms with E-state index in [-0.39, 0.29) is 12.1 Å². The van der Waals surface area contributed by atoms with Gasteiger partial charge in [0.05, 0.1) is 13.2 Å². The lowest BCUT2D eigenvalue weighted by Gasteiger charge is -2.07. The Bertz CT molecular complexity index is 243. The molecule has 0 bridgehead atoms. The van der Waals surface area contributed by atoms with Crippen LogP contribution in [-0.4, -0.2) is 31.8 Å². The Morgan fingerprint density at radius 2 is 1.48 bits per heavy atom. The number of hydrogen-bond donors (Lipinski definition) is 1. The molecule has 0 aromatic carbocycles. The molecule has 1 amide bonds. The molecule has 0 unspecified atom stereocenters. The van der Waals surface area contributed by atoms with Gasteiger partial charge in [-0.1, -0.05) is 33.1 Å². The van der Waals surface area contributed by atoms with E-state index in [1.54, 1.807) is 0 Å². The van der Waals surface area contributed by atoms with Gasteiger partial charge < -0.3 is 14.8 Å². The van der Waals surface area contributed by atoms with Crippen LogP contribution < -0.4 is 5.32 Å². The average Bonchev–Trinajstić information content (AvgIpc) is 2.47. The van der Waals surface area contributed by atoms with Gasteiger partial charge in [0.15, 0.2) is 0 Å². The summed E-state index contributed by atoms with van der Waals surface area (Å²) in [5.41, 5.74) is 0. The number of carbonyl (C=O) groups is 2. The van der Waals surface area contributed by atoms with Crippen molar-refractivity contribution in [2.24, 2.45) is 0 Å². The van der Waals surface area contributed by atoms with Crippen molar-refractivity contribution in [1.82, 2.24) is 5.32 Å². The molecule has 5 nitrogen and oxygen atoms in total. The van der Waals surface area contributed by atoms with Crippen molar-refractivity contribution < 1.29 is 19.1 Å². The quantitative estimate of drug-likeness (QED) is 0.415. The first-order chi connectivity index (χ1) is 10.2. The molecule has 0 aliphatic carbocycles. The zero-order valence-electron chi connectivity index (χ0n) is 13.6. The summed E-state index contributed by atoms with van der Waals surface area (Å²) in [6.07, 6.45) is 7.82. The number of nitrogens with one attached hydrogen (secondary N) is 1. The fourth-order valence-electron chi connectivity index (χ4n) is 1.74. The molecule has 0 spiro atoms. The molecule has 0 aromatic rings. The van der Waals surface area contributed by atoms with Crippen molar-refractivity contribution >= 4 is 12.1 Å². The number of esters is 1. The second kappa shape index (κ2) is 15.1. The maximum atomic E-state index is 11.3. The Morgan fingerprint density at radius 3 is 2.14 bits per heavy atom. The minimum atomic E-state index is -0.342. The van der Waals surface area contributed by atoms with E-state index >= 15 is 0 Å². The summed E-state index contributed by atoms with van der Waals surface area (Å²) in [6.45, 7) is 5.74. The molecule has 0 rings (SSSR count). The summed E-state index contributed by atoms with van der Waals surface area (Å²) in [5, 5.41) is 2.69. The molecule has 21 heavy (non-hydrogen) atoms. The number of rotatable bonds is 13. The highest BCUT2D eigenvalue weighted by Crippen LogP contribution is 2.02. The van der Waals surface area contributed by atoms with Gasteiger partial charge in [-0.25, -0.2) is 4.79 Å². The molecule has 0 aromatic heterocycles. The molecule has 0 fully saturated rings. The van der Waals surface area contributed by atoms with Crippen LogP contribution in [0.2, 0.25) is 0 Å². The van der Waals surface area contributed by atoms with Crippen molar-refractivity contribution in [2.75, 3.05) is 19.8 Å². The lowest BCUT2D eigenvalue weighted by Crippen LogP contribution is -2.25. The van der Waals surface area contributed by atoms with E-state index in [1.165, 1.54) is 0 Å². The van der Waals surface area contributed by atoms with Gasteiger partial charge in [-0.3, -0.25) is 4.79 Å². The van der Waals surface area contributed by atoms with Crippen molar-refractivity contribution in [3.05, 3.63) is 0 Å². The van der Waals surface area contributed by atoms with Crippen LogP contribution in [0.5, 0.6) is 0 Å². The first kappa shape index (κ1) is 19.7. The maximum absolute atomic E-state index is 11.3. The maximum Gasteiger partial charge on any atom is 0.407 e. The average molecular weight is 301 g/mol. The summed E-state index contributed by atoms with van der Waals surface area (Å²) in [7, 11) is 0. The molecule has 1 N–H and O–H groups in total. The number of carbonyl (C=O) groups excluding carboxylic acids is 2. The van der Waals surface area contributed by atoms with Gasteiger partial charge in [-0.05, 0) is 32.1 Å². The molecule has 0 saturated carbocycles. The van der Waals surface area contributed by atoms with Gasteiger partial charge in [0.25, 0.3) is 0 Å². The summed E-state index contributed by atoms with van der Waals surface area (Å²) in [6, 6.07) is 0. The summed E-state index contributed by atoms with van der Waals surface area (Å²) >= 11 is 0. The Balaban J connectivity index is 3.24. The highest BCUT2D eigenvalue weighted by molar-refractivity contribution is 5.69. The normalized spacial score (nSPS) is 10.2. The molecule has 124 valence electrons. The fourth-order valence-corrected chi connectivity index (χ4v) is 1.74. The second-order valence-corrected chi connectivity index (χ2v) is 5.15. The van der Waals surface area contributed by atoms with Crippen molar-refractivity contribution in [3.63, 3.8) is 0 Å². The van der Waals surface area contributed by atoms with Crippen LogP contribution in [0.25, 0.3) is 0 Å². The van der Waals surface area contributed by atoms with E-state index < -0.39 is 0 Å². The number of unbranched alkanes of at least 4 members (excludes halogenated alkanes) is 5. The van der Waals surface area contributed by atoms with Crippen LogP contribution in [-0.2, 0) is 14.3 Å². The summed E-state index contributed by atoms with van der Waals surface area (Å²) in [5.74, 6) is -0.102. The van der Waals surface area contributed by atoms with Gasteiger partial charge in [0, 0.05) is 13.0 Å². The number of ether oxygens (including phenoxy) is 2. The summed E-state index contributed by atoms with van der Waals surface area (Å²) < 4.78 is 10.1. The van der Waals surface area contributed by atoms with Crippen LogP contribution >= 0.6 is 0 Å². The van der Waals surface area contributed by atoms with Crippen molar-refractivity contribution in [3.8, 4) is 0 Å². The van der Waals surface area contributed by atoms with E-state index in [2.05, 4.69) is 19.2 Å². The molecule has 0 atom stereocenters. The van der Waals surface area contributed by atoms with E-state index in [0.29, 0.717) is 26.2 Å². The van der Waals surface area contributed by atoms with Gasteiger partial charge in [0.1, 0.15) is 0 Å². The van der Waals surface area contributed by atoms with E-state index in [4.69, 9.17) is 9.47 Å². The Morgan fingerprint density at radius 1 is 0.810 bits per heavy atom. The largest absolute Gasteiger partial charge is 0.466 e. The Hall–Kier alpha value is -1.26. The second-order valence-electron chi connectivity index (χ2n) is 5.15. The number of hydrogen-bond acceptors (Lipinski definition) is 4. The van der Waals surface area contributed by atoms with Gasteiger partial charge >= 0.3 is 12.1 Å². The fraction of sp³-hybridized carbons (Fsp3) is 0.875. The van der Waals surface area contributed by atoms with Crippen molar-refractivity contribution in [1.29, 1.82) is 0 Å². The topological polar surface area (TPSA) is 64.6 Å². The van der Waals surface area contributed by atoms with Crippen LogP contribution in [0, 0.1) is 0 Å². The van der Waals surface area contributed by atoms with E-state index in [1.807, 2.05) is 0 Å². The van der Waals surface area contributed by atoms with Crippen LogP contribution in [0.3, 0.4) is 0 Å². The first-order valence-corrected chi connectivity index (χ1v) is 8.27. The number of amides is 1. The Labute approximate surface area is 128 Å². The van der Waals surface area contributed by atoms with Gasteiger partial charge in [0.2, 0.25) is 0 Å². The van der Waals surface area contributed by atoms with E-state index in [0.717, 1.165) is 51.4 Å². The number of alkyl carbamates (subject to hydrolysis) is 1. The predicted octanol–water partition coefficient (Wildman–Crippen LogP) is 3.81. The molecule has 0 radical (unpaired) electrons. The molecule has 0 saturated heterocycles. The molecule has 0 aliphatic heterocycles. The summed E-state index contributed by atoms with van der Waals surface area (Å²) in [4.78, 5) is 22.5. The zero-order valence-corrected chi connectivity index (χ0v) is 13.6. The molecule has 0 aliphatic rings. The van der Waals surface area contributed by atoms with Crippen LogP contribution in [0.4, 0.5) is 4.79 Å². The first-order valence-electron chi connectivity index (χ1n) is 8.27. The zero-order chi connectivity index (χ0) is 15.8. The third-order valence-corrected chi connectivity index (χ3v) is 3.07. The minimum Gasteiger partial charge on any atom is -0.466 e. The third kappa shape index (κ3) is 15.0. The standard InChI is InChI=1S/C16H31NO4/c1-3-5-8-11-15(18)20-13-9-7-10-14-21-16(19)17-12-6-4-2/h3-14H2,1-2H3,(H,17,19). The molecular formula is C16H31NO4. The third-order valence-electron chi connectivity index (χ3n) is 3.07. The SMILES string of the molecule is CCCCCC(=O)OCCCCCOC(=O)NCCCC. The minimum absolute atomic E-state index is 0.102. The highest BCUT2D eigenvalue weighted by atomic mass is 16.5. The smallest absolute Gasteiger partial charge is 0.407 e.